The molecular weight excluding hydrogens is 324 g/mol. The lowest BCUT2D eigenvalue weighted by molar-refractivity contribution is -0.114. The Morgan fingerprint density at radius 2 is 1.79 bits per heavy atom. The lowest BCUT2D eigenvalue weighted by Gasteiger charge is -2.19. The van der Waals surface area contributed by atoms with Crippen LogP contribution in [0.3, 0.4) is 0 Å². The third kappa shape index (κ3) is 4.90. The van der Waals surface area contributed by atoms with Crippen molar-refractivity contribution in [2.75, 3.05) is 24.3 Å². The van der Waals surface area contributed by atoms with Crippen LogP contribution in [0.1, 0.15) is 26.3 Å². The first-order valence-corrected chi connectivity index (χ1v) is 8.15. The highest BCUT2D eigenvalue weighted by Gasteiger charge is 2.13. The molecule has 1 amide bonds. The molecule has 0 heterocycles. The minimum absolute atomic E-state index is 0.0905. The third-order valence-electron chi connectivity index (χ3n) is 3.64. The van der Waals surface area contributed by atoms with Crippen molar-refractivity contribution in [2.24, 2.45) is 0 Å². The van der Waals surface area contributed by atoms with Gasteiger partial charge in [0.05, 0.1) is 19.3 Å². The smallest absolute Gasteiger partial charge is 0.243 e. The van der Waals surface area contributed by atoms with Gasteiger partial charge in [-0.25, -0.2) is 0 Å². The van der Waals surface area contributed by atoms with E-state index >= 15 is 0 Å². The van der Waals surface area contributed by atoms with Gasteiger partial charge in [0.15, 0.2) is 0 Å². The molecule has 24 heavy (non-hydrogen) atoms. The molecule has 0 fully saturated rings. The van der Waals surface area contributed by atoms with Gasteiger partial charge in [-0.15, -0.1) is 0 Å². The van der Waals surface area contributed by atoms with Crippen LogP contribution in [0.25, 0.3) is 0 Å². The highest BCUT2D eigenvalue weighted by molar-refractivity contribution is 6.30. The first-order chi connectivity index (χ1) is 11.3. The molecule has 0 bridgehead atoms. The fourth-order valence-corrected chi connectivity index (χ4v) is 2.42. The summed E-state index contributed by atoms with van der Waals surface area (Å²) in [5, 5.41) is 6.49. The molecule has 0 unspecified atom stereocenters. The van der Waals surface area contributed by atoms with Crippen LogP contribution in [0, 0.1) is 0 Å². The lowest BCUT2D eigenvalue weighted by Crippen LogP contribution is -2.22. The number of carbonyl (C=O) groups excluding carboxylic acids is 1. The van der Waals surface area contributed by atoms with E-state index in [1.165, 1.54) is 5.56 Å². The first kappa shape index (κ1) is 18.1. The van der Waals surface area contributed by atoms with Crippen LogP contribution >= 0.6 is 11.6 Å². The second-order valence-electron chi connectivity index (χ2n) is 6.57. The minimum atomic E-state index is -0.138. The molecule has 0 atom stereocenters. The number of benzene rings is 2. The number of ether oxygens (including phenoxy) is 1. The summed E-state index contributed by atoms with van der Waals surface area (Å²) >= 11 is 5.97. The van der Waals surface area contributed by atoms with E-state index in [1.807, 2.05) is 24.3 Å². The number of hydrogen-bond donors (Lipinski definition) is 2. The van der Waals surface area contributed by atoms with Crippen molar-refractivity contribution < 1.29 is 9.53 Å². The summed E-state index contributed by atoms with van der Waals surface area (Å²) in [6, 6.07) is 13.1. The van der Waals surface area contributed by atoms with E-state index in [2.05, 4.69) is 31.4 Å². The summed E-state index contributed by atoms with van der Waals surface area (Å²) < 4.78 is 5.24. The number of carbonyl (C=O) groups is 1. The molecule has 0 saturated carbocycles. The number of methoxy groups -OCH3 is 1. The van der Waals surface area contributed by atoms with Crippen molar-refractivity contribution in [1.29, 1.82) is 0 Å². The quantitative estimate of drug-likeness (QED) is 0.825. The van der Waals surface area contributed by atoms with Gasteiger partial charge in [0, 0.05) is 10.7 Å². The Labute approximate surface area is 148 Å². The maximum absolute atomic E-state index is 12.1. The second kappa shape index (κ2) is 7.58. The average Bonchev–Trinajstić information content (AvgIpc) is 2.53. The molecular formula is C19H23ClN2O2. The van der Waals surface area contributed by atoms with Crippen LogP contribution in [0.2, 0.25) is 5.02 Å². The van der Waals surface area contributed by atoms with E-state index in [4.69, 9.17) is 16.3 Å². The van der Waals surface area contributed by atoms with E-state index < -0.39 is 0 Å². The van der Waals surface area contributed by atoms with Crippen LogP contribution in [0.4, 0.5) is 11.4 Å². The van der Waals surface area contributed by atoms with Gasteiger partial charge < -0.3 is 15.4 Å². The maximum Gasteiger partial charge on any atom is 0.243 e. The van der Waals surface area contributed by atoms with Gasteiger partial charge in [0.1, 0.15) is 5.75 Å². The largest absolute Gasteiger partial charge is 0.495 e. The zero-order chi connectivity index (χ0) is 17.7. The molecule has 128 valence electrons. The Bertz CT molecular complexity index is 706. The highest BCUT2D eigenvalue weighted by atomic mass is 35.5. The fourth-order valence-electron chi connectivity index (χ4n) is 2.25. The van der Waals surface area contributed by atoms with E-state index in [1.54, 1.807) is 25.3 Å². The Morgan fingerprint density at radius 1 is 1.12 bits per heavy atom. The number of nitrogens with one attached hydrogen (secondary N) is 2. The molecule has 0 spiro atoms. The first-order valence-electron chi connectivity index (χ1n) is 7.77. The molecule has 0 radical (unpaired) electrons. The molecule has 2 N–H and O–H groups in total. The van der Waals surface area contributed by atoms with Gasteiger partial charge in [0.25, 0.3) is 0 Å². The van der Waals surface area contributed by atoms with Crippen molar-refractivity contribution in [2.45, 2.75) is 26.2 Å². The van der Waals surface area contributed by atoms with Gasteiger partial charge in [0.2, 0.25) is 5.91 Å². The van der Waals surface area contributed by atoms with E-state index in [9.17, 15) is 4.79 Å². The van der Waals surface area contributed by atoms with Crippen molar-refractivity contribution in [3.8, 4) is 5.75 Å². The highest BCUT2D eigenvalue weighted by Crippen LogP contribution is 2.27. The number of anilines is 2. The Balaban J connectivity index is 1.95. The minimum Gasteiger partial charge on any atom is -0.495 e. The standard InChI is InChI=1S/C19H23ClN2O2/c1-19(2,3)13-5-8-15(9-6-13)22-18(23)12-21-16-11-14(20)7-10-17(16)24-4/h5-11,21H,12H2,1-4H3,(H,22,23). The monoisotopic (exact) mass is 346 g/mol. The van der Waals surface area contributed by atoms with Crippen molar-refractivity contribution in [3.05, 3.63) is 53.1 Å². The van der Waals surface area contributed by atoms with Crippen LogP contribution in [-0.4, -0.2) is 19.6 Å². The van der Waals surface area contributed by atoms with Crippen LogP contribution in [0.15, 0.2) is 42.5 Å². The summed E-state index contributed by atoms with van der Waals surface area (Å²) in [5.41, 5.74) is 2.77. The Morgan fingerprint density at radius 3 is 2.38 bits per heavy atom. The molecule has 4 nitrogen and oxygen atoms in total. The molecule has 2 aromatic rings. The molecule has 0 aromatic heterocycles. The Kier molecular flexibility index (Phi) is 5.73. The van der Waals surface area contributed by atoms with Crippen molar-refractivity contribution in [1.82, 2.24) is 0 Å². The number of amides is 1. The number of rotatable bonds is 5. The van der Waals surface area contributed by atoms with E-state index in [0.29, 0.717) is 16.5 Å². The number of hydrogen-bond acceptors (Lipinski definition) is 3. The zero-order valence-corrected chi connectivity index (χ0v) is 15.2. The summed E-state index contributed by atoms with van der Waals surface area (Å²) in [5.74, 6) is 0.502. The van der Waals surface area contributed by atoms with Crippen LogP contribution in [0.5, 0.6) is 5.75 Å². The molecule has 5 heteroatoms. The maximum atomic E-state index is 12.1. The predicted octanol–water partition coefficient (Wildman–Crippen LogP) is 4.70. The van der Waals surface area contributed by atoms with Crippen molar-refractivity contribution in [3.63, 3.8) is 0 Å². The fraction of sp³-hybridized carbons (Fsp3) is 0.316. The zero-order valence-electron chi connectivity index (χ0n) is 14.4. The van der Waals surface area contributed by atoms with Crippen LogP contribution in [-0.2, 0) is 10.2 Å². The molecule has 2 aromatic carbocycles. The van der Waals surface area contributed by atoms with Crippen molar-refractivity contribution >= 4 is 28.9 Å². The second-order valence-corrected chi connectivity index (χ2v) is 7.01. The van der Waals surface area contributed by atoms with Gasteiger partial charge in [-0.1, -0.05) is 44.5 Å². The summed E-state index contributed by atoms with van der Waals surface area (Å²) in [4.78, 5) is 12.1. The molecule has 0 aliphatic rings. The molecule has 0 aliphatic heterocycles. The topological polar surface area (TPSA) is 50.4 Å². The SMILES string of the molecule is COc1ccc(Cl)cc1NCC(=O)Nc1ccc(C(C)(C)C)cc1. The summed E-state index contributed by atoms with van der Waals surface area (Å²) in [6.45, 7) is 6.59. The molecule has 2 rings (SSSR count). The van der Waals surface area contributed by atoms with Gasteiger partial charge in [-0.05, 0) is 41.3 Å². The van der Waals surface area contributed by atoms with Gasteiger partial charge >= 0.3 is 0 Å². The number of halogens is 1. The summed E-state index contributed by atoms with van der Waals surface area (Å²) in [7, 11) is 1.57. The molecule has 0 saturated heterocycles. The van der Waals surface area contributed by atoms with E-state index in [-0.39, 0.29) is 17.9 Å². The van der Waals surface area contributed by atoms with Gasteiger partial charge in [-0.2, -0.15) is 0 Å². The average molecular weight is 347 g/mol. The third-order valence-corrected chi connectivity index (χ3v) is 3.87. The summed E-state index contributed by atoms with van der Waals surface area (Å²) in [6.07, 6.45) is 0. The molecule has 0 aliphatic carbocycles. The predicted molar refractivity (Wildman–Crippen MR) is 100 cm³/mol. The normalized spacial score (nSPS) is 11.0. The van der Waals surface area contributed by atoms with E-state index in [0.717, 1.165) is 5.69 Å². The van der Waals surface area contributed by atoms with Crippen LogP contribution < -0.4 is 15.4 Å². The lowest BCUT2D eigenvalue weighted by atomic mass is 9.87. The Hall–Kier alpha value is -2.20. The van der Waals surface area contributed by atoms with Gasteiger partial charge in [-0.3, -0.25) is 4.79 Å².